The fourth-order valence-electron chi connectivity index (χ4n) is 3.03. The van der Waals surface area contributed by atoms with E-state index in [9.17, 15) is 4.79 Å². The maximum atomic E-state index is 12.5. The van der Waals surface area contributed by atoms with Crippen LogP contribution in [0, 0.1) is 12.8 Å². The second kappa shape index (κ2) is 6.84. The van der Waals surface area contributed by atoms with E-state index in [-0.39, 0.29) is 11.9 Å². The van der Waals surface area contributed by atoms with Gasteiger partial charge in [0.1, 0.15) is 5.76 Å². The number of rotatable bonds is 4. The van der Waals surface area contributed by atoms with Crippen molar-refractivity contribution in [2.75, 3.05) is 13.1 Å². The molecule has 0 aromatic carbocycles. The quantitative estimate of drug-likeness (QED) is 0.934. The van der Waals surface area contributed by atoms with Crippen LogP contribution in [0.25, 0.3) is 11.5 Å². The highest BCUT2D eigenvalue weighted by Crippen LogP contribution is 2.25. The van der Waals surface area contributed by atoms with Gasteiger partial charge in [0.15, 0.2) is 0 Å². The van der Waals surface area contributed by atoms with E-state index in [1.807, 2.05) is 35.6 Å². The predicted molar refractivity (Wildman–Crippen MR) is 91.2 cm³/mol. The van der Waals surface area contributed by atoms with Gasteiger partial charge >= 0.3 is 0 Å². The van der Waals surface area contributed by atoms with E-state index in [1.54, 1.807) is 11.3 Å². The smallest absolute Gasteiger partial charge is 0.228 e. The molecule has 3 rings (SSSR count). The zero-order valence-corrected chi connectivity index (χ0v) is 14.4. The molecule has 0 spiro atoms. The molecule has 1 aliphatic heterocycles. The number of likely N-dealkylation sites (tertiary alicyclic amines) is 1. The van der Waals surface area contributed by atoms with Crippen molar-refractivity contribution in [2.45, 2.75) is 39.2 Å². The summed E-state index contributed by atoms with van der Waals surface area (Å²) in [5.41, 5.74) is 7.66. The molecule has 1 fully saturated rings. The number of carbonyl (C=O) groups excluding carboxylic acids is 1. The van der Waals surface area contributed by atoms with E-state index in [4.69, 9.17) is 10.2 Å². The summed E-state index contributed by atoms with van der Waals surface area (Å²) in [4.78, 5) is 18.9. The van der Waals surface area contributed by atoms with Crippen molar-refractivity contribution in [1.29, 1.82) is 0 Å². The fourth-order valence-corrected chi connectivity index (χ4v) is 3.66. The molecule has 0 aliphatic carbocycles. The zero-order chi connectivity index (χ0) is 16.4. The maximum Gasteiger partial charge on any atom is 0.228 e. The average Bonchev–Trinajstić information content (AvgIpc) is 3.18. The van der Waals surface area contributed by atoms with Gasteiger partial charge in [-0.05, 0) is 44.1 Å². The van der Waals surface area contributed by atoms with Crippen LogP contribution in [-0.4, -0.2) is 34.9 Å². The Kier molecular flexibility index (Phi) is 4.82. The second-order valence-corrected chi connectivity index (χ2v) is 7.07. The van der Waals surface area contributed by atoms with Gasteiger partial charge in [-0.2, -0.15) is 11.3 Å². The molecule has 124 valence electrons. The fraction of sp³-hybridized carbons (Fsp3) is 0.529. The SMILES string of the molecule is Cc1oc(-c2ccsc2)nc1CC(=O)N1CCC(C(C)N)CC1. The number of aryl methyl sites for hydroxylation is 1. The van der Waals surface area contributed by atoms with Crippen molar-refractivity contribution in [2.24, 2.45) is 11.7 Å². The molecule has 1 aliphatic rings. The lowest BCUT2D eigenvalue weighted by Crippen LogP contribution is -2.43. The normalized spacial score (nSPS) is 17.4. The van der Waals surface area contributed by atoms with Crippen LogP contribution in [0.2, 0.25) is 0 Å². The summed E-state index contributed by atoms with van der Waals surface area (Å²) in [5, 5.41) is 3.98. The number of piperidine rings is 1. The summed E-state index contributed by atoms with van der Waals surface area (Å²) >= 11 is 1.60. The molecule has 3 heterocycles. The Hall–Kier alpha value is -1.66. The first-order chi connectivity index (χ1) is 11.0. The van der Waals surface area contributed by atoms with Gasteiger partial charge in [0.05, 0.1) is 12.1 Å². The monoisotopic (exact) mass is 333 g/mol. The van der Waals surface area contributed by atoms with Crippen molar-refractivity contribution < 1.29 is 9.21 Å². The molecule has 2 aromatic heterocycles. The van der Waals surface area contributed by atoms with Gasteiger partial charge in [0, 0.05) is 30.1 Å². The summed E-state index contributed by atoms with van der Waals surface area (Å²) in [6, 6.07) is 2.18. The molecule has 0 bridgehead atoms. The standard InChI is InChI=1S/C17H23N3O2S/c1-11(18)13-3-6-20(7-4-13)16(21)9-15-12(2)22-17(19-15)14-5-8-23-10-14/h5,8,10-11,13H,3-4,6-7,9,18H2,1-2H3. The van der Waals surface area contributed by atoms with E-state index in [1.165, 1.54) is 0 Å². The van der Waals surface area contributed by atoms with Crippen molar-refractivity contribution in [3.05, 3.63) is 28.3 Å². The number of hydrogen-bond acceptors (Lipinski definition) is 5. The Bertz CT molecular complexity index is 655. The third-order valence-corrected chi connectivity index (χ3v) is 5.30. The molecule has 0 radical (unpaired) electrons. The molecule has 6 heteroatoms. The predicted octanol–water partition coefficient (Wildman–Crippen LogP) is 2.84. The van der Waals surface area contributed by atoms with Crippen molar-refractivity contribution in [3.8, 4) is 11.5 Å². The number of oxazole rings is 1. The molecule has 23 heavy (non-hydrogen) atoms. The molecule has 1 unspecified atom stereocenters. The lowest BCUT2D eigenvalue weighted by Gasteiger charge is -2.33. The van der Waals surface area contributed by atoms with Crippen LogP contribution >= 0.6 is 11.3 Å². The van der Waals surface area contributed by atoms with Gasteiger partial charge in [-0.25, -0.2) is 4.98 Å². The third kappa shape index (κ3) is 3.64. The number of aromatic nitrogens is 1. The summed E-state index contributed by atoms with van der Waals surface area (Å²) in [6.07, 6.45) is 2.28. The number of carbonyl (C=O) groups is 1. The molecule has 0 saturated carbocycles. The number of amides is 1. The molecule has 2 aromatic rings. The topological polar surface area (TPSA) is 72.4 Å². The van der Waals surface area contributed by atoms with Gasteiger partial charge < -0.3 is 15.1 Å². The highest BCUT2D eigenvalue weighted by molar-refractivity contribution is 7.08. The lowest BCUT2D eigenvalue weighted by molar-refractivity contribution is -0.132. The molecule has 1 atom stereocenters. The highest BCUT2D eigenvalue weighted by Gasteiger charge is 2.26. The van der Waals surface area contributed by atoms with Gasteiger partial charge in [-0.3, -0.25) is 4.79 Å². The number of thiophene rings is 1. The van der Waals surface area contributed by atoms with Gasteiger partial charge in [-0.1, -0.05) is 0 Å². The van der Waals surface area contributed by atoms with Crippen LogP contribution in [0.4, 0.5) is 0 Å². The summed E-state index contributed by atoms with van der Waals surface area (Å²) in [6.45, 7) is 5.50. The van der Waals surface area contributed by atoms with E-state index in [2.05, 4.69) is 4.98 Å². The first kappa shape index (κ1) is 16.2. The van der Waals surface area contributed by atoms with Crippen LogP contribution in [0.3, 0.4) is 0 Å². The van der Waals surface area contributed by atoms with Crippen LogP contribution in [0.15, 0.2) is 21.2 Å². The number of nitrogens with zero attached hydrogens (tertiary/aromatic N) is 2. The third-order valence-electron chi connectivity index (χ3n) is 4.62. The highest BCUT2D eigenvalue weighted by atomic mass is 32.1. The van der Waals surface area contributed by atoms with E-state index in [0.717, 1.165) is 42.9 Å². The Morgan fingerprint density at radius 3 is 2.87 bits per heavy atom. The molecule has 1 saturated heterocycles. The minimum atomic E-state index is 0.126. The summed E-state index contributed by atoms with van der Waals surface area (Å²) in [5.74, 6) is 1.98. The Labute approximate surface area is 140 Å². The largest absolute Gasteiger partial charge is 0.441 e. The molecular formula is C17H23N3O2S. The van der Waals surface area contributed by atoms with Crippen molar-refractivity contribution in [3.63, 3.8) is 0 Å². The minimum Gasteiger partial charge on any atom is -0.441 e. The van der Waals surface area contributed by atoms with Crippen molar-refractivity contribution in [1.82, 2.24) is 9.88 Å². The van der Waals surface area contributed by atoms with Crippen molar-refractivity contribution >= 4 is 17.2 Å². The Morgan fingerprint density at radius 2 is 2.26 bits per heavy atom. The van der Waals surface area contributed by atoms with E-state index < -0.39 is 0 Å². The molecule has 1 amide bonds. The van der Waals surface area contributed by atoms with Gasteiger partial charge in [-0.15, -0.1) is 0 Å². The van der Waals surface area contributed by atoms with Crippen LogP contribution in [0.5, 0.6) is 0 Å². The first-order valence-corrected chi connectivity index (χ1v) is 9.01. The summed E-state index contributed by atoms with van der Waals surface area (Å²) < 4.78 is 5.70. The van der Waals surface area contributed by atoms with Crippen LogP contribution in [-0.2, 0) is 11.2 Å². The number of nitrogens with two attached hydrogens (primary N) is 1. The number of hydrogen-bond donors (Lipinski definition) is 1. The van der Waals surface area contributed by atoms with Gasteiger partial charge in [0.2, 0.25) is 11.8 Å². The van der Waals surface area contributed by atoms with E-state index in [0.29, 0.717) is 18.2 Å². The van der Waals surface area contributed by atoms with Gasteiger partial charge in [0.25, 0.3) is 0 Å². The zero-order valence-electron chi connectivity index (χ0n) is 13.6. The first-order valence-electron chi connectivity index (χ1n) is 8.07. The average molecular weight is 333 g/mol. The van der Waals surface area contributed by atoms with Crippen LogP contribution in [0.1, 0.15) is 31.2 Å². The van der Waals surface area contributed by atoms with E-state index >= 15 is 0 Å². The molecule has 5 nitrogen and oxygen atoms in total. The molecule has 2 N–H and O–H groups in total. The molecular weight excluding hydrogens is 310 g/mol. The minimum absolute atomic E-state index is 0.126. The Balaban J connectivity index is 1.62. The maximum absolute atomic E-state index is 12.5. The Morgan fingerprint density at radius 1 is 1.52 bits per heavy atom. The summed E-state index contributed by atoms with van der Waals surface area (Å²) in [7, 11) is 0. The second-order valence-electron chi connectivity index (χ2n) is 6.29. The van der Waals surface area contributed by atoms with Crippen LogP contribution < -0.4 is 5.73 Å². The lowest BCUT2D eigenvalue weighted by atomic mass is 9.91.